The molecule has 1 amide bonds. The van der Waals surface area contributed by atoms with Crippen LogP contribution in [0.2, 0.25) is 0 Å². The van der Waals surface area contributed by atoms with Crippen LogP contribution in [0.15, 0.2) is 72.8 Å². The second kappa shape index (κ2) is 8.99. The fraction of sp³-hybridized carbons (Fsp3) is 0.273. The van der Waals surface area contributed by atoms with Crippen LogP contribution in [0.3, 0.4) is 0 Å². The molecule has 4 heteroatoms. The van der Waals surface area contributed by atoms with E-state index in [1.165, 1.54) is 0 Å². The van der Waals surface area contributed by atoms with Gasteiger partial charge in [-0.15, -0.1) is 0 Å². The molecule has 1 aliphatic carbocycles. The number of hydrogen-bond acceptors (Lipinski definition) is 3. The van der Waals surface area contributed by atoms with E-state index in [1.807, 2.05) is 66.7 Å². The highest BCUT2D eigenvalue weighted by Crippen LogP contribution is 2.22. The van der Waals surface area contributed by atoms with Crippen LogP contribution in [-0.2, 0) is 14.3 Å². The average Bonchev–Trinajstić information content (AvgIpc) is 3.19. The van der Waals surface area contributed by atoms with E-state index >= 15 is 0 Å². The molecular weight excluding hydrogens is 326 g/mol. The van der Waals surface area contributed by atoms with Crippen LogP contribution in [0.25, 0.3) is 0 Å². The lowest BCUT2D eigenvalue weighted by atomic mass is 9.99. The van der Waals surface area contributed by atoms with Gasteiger partial charge in [-0.2, -0.15) is 0 Å². The number of hydrogen-bond donors (Lipinski definition) is 1. The van der Waals surface area contributed by atoms with Crippen molar-refractivity contribution >= 4 is 11.9 Å². The number of amides is 1. The Labute approximate surface area is 153 Å². The number of carbonyl (C=O) groups excluding carboxylic acids is 2. The van der Waals surface area contributed by atoms with Gasteiger partial charge in [-0.3, -0.25) is 9.59 Å². The van der Waals surface area contributed by atoms with E-state index in [-0.39, 0.29) is 30.4 Å². The van der Waals surface area contributed by atoms with Gasteiger partial charge in [0.25, 0.3) is 5.91 Å². The molecular formula is C22H23NO3. The third-order valence-electron chi connectivity index (χ3n) is 4.48. The molecule has 2 aromatic carbocycles. The Bertz CT molecular complexity index is 716. The van der Waals surface area contributed by atoms with Crippen molar-refractivity contribution in [3.05, 3.63) is 83.9 Å². The van der Waals surface area contributed by atoms with Gasteiger partial charge < -0.3 is 10.1 Å². The minimum atomic E-state index is -0.326. The maximum absolute atomic E-state index is 12.3. The summed E-state index contributed by atoms with van der Waals surface area (Å²) in [6.07, 6.45) is 6.45. The molecule has 4 nitrogen and oxygen atoms in total. The number of ether oxygens (including phenoxy) is 1. The van der Waals surface area contributed by atoms with Crippen LogP contribution >= 0.6 is 0 Å². The molecule has 1 aliphatic rings. The third kappa shape index (κ3) is 5.06. The van der Waals surface area contributed by atoms with Gasteiger partial charge in [0.05, 0.1) is 12.5 Å². The molecule has 3 rings (SSSR count). The van der Waals surface area contributed by atoms with Crippen molar-refractivity contribution in [3.8, 4) is 0 Å². The Morgan fingerprint density at radius 1 is 1.00 bits per heavy atom. The second-order valence-electron chi connectivity index (χ2n) is 6.45. The minimum absolute atomic E-state index is 0.243. The molecule has 0 radical (unpaired) electrons. The van der Waals surface area contributed by atoms with Gasteiger partial charge in [-0.05, 0) is 29.9 Å². The molecule has 0 aromatic heterocycles. The number of carbonyl (C=O) groups is 2. The van der Waals surface area contributed by atoms with Crippen molar-refractivity contribution < 1.29 is 14.3 Å². The molecule has 2 aromatic rings. The molecule has 1 N–H and O–H groups in total. The van der Waals surface area contributed by atoms with Crippen LogP contribution in [0.5, 0.6) is 0 Å². The molecule has 0 saturated heterocycles. The van der Waals surface area contributed by atoms with Gasteiger partial charge in [0.2, 0.25) is 0 Å². The number of esters is 1. The normalized spacial score (nSPS) is 15.8. The van der Waals surface area contributed by atoms with E-state index in [0.29, 0.717) is 6.42 Å². The molecule has 0 spiro atoms. The zero-order valence-corrected chi connectivity index (χ0v) is 14.6. The van der Waals surface area contributed by atoms with Crippen molar-refractivity contribution in [1.82, 2.24) is 5.32 Å². The average molecular weight is 349 g/mol. The smallest absolute Gasteiger partial charge is 0.306 e. The molecule has 134 valence electrons. The number of nitrogens with one attached hydrogen (secondary N) is 1. The Balaban J connectivity index is 1.59. The van der Waals surface area contributed by atoms with Crippen LogP contribution in [0.4, 0.5) is 0 Å². The topological polar surface area (TPSA) is 55.4 Å². The second-order valence-corrected chi connectivity index (χ2v) is 6.45. The van der Waals surface area contributed by atoms with E-state index in [4.69, 9.17) is 4.74 Å². The summed E-state index contributed by atoms with van der Waals surface area (Å²) >= 11 is 0. The van der Waals surface area contributed by atoms with Gasteiger partial charge in [0.15, 0.2) is 6.61 Å². The highest BCUT2D eigenvalue weighted by molar-refractivity contribution is 5.81. The van der Waals surface area contributed by atoms with Crippen molar-refractivity contribution in [1.29, 1.82) is 0 Å². The fourth-order valence-corrected chi connectivity index (χ4v) is 3.14. The minimum Gasteiger partial charge on any atom is -0.456 e. The highest BCUT2D eigenvalue weighted by Gasteiger charge is 2.19. The molecule has 0 fully saturated rings. The van der Waals surface area contributed by atoms with Gasteiger partial charge in [0, 0.05) is 0 Å². The van der Waals surface area contributed by atoms with Crippen molar-refractivity contribution in [2.75, 3.05) is 6.61 Å². The first-order valence-electron chi connectivity index (χ1n) is 8.94. The Morgan fingerprint density at radius 2 is 1.62 bits per heavy atom. The van der Waals surface area contributed by atoms with E-state index in [2.05, 4.69) is 11.4 Å². The number of rotatable bonds is 7. The zero-order chi connectivity index (χ0) is 18.2. The Hall–Kier alpha value is -2.88. The Kier molecular flexibility index (Phi) is 6.20. The number of allylic oxidation sites excluding steroid dienone is 2. The SMILES string of the molecule is O=C(COC(=O)C[C@@H]1C=CCC1)NC(c1ccccc1)c1ccccc1. The lowest BCUT2D eigenvalue weighted by Crippen LogP contribution is -2.33. The first-order chi connectivity index (χ1) is 12.7. The van der Waals surface area contributed by atoms with Gasteiger partial charge in [-0.1, -0.05) is 72.8 Å². The quantitative estimate of drug-likeness (QED) is 0.611. The van der Waals surface area contributed by atoms with E-state index in [0.717, 1.165) is 24.0 Å². The highest BCUT2D eigenvalue weighted by atomic mass is 16.5. The summed E-state index contributed by atoms with van der Waals surface area (Å²) in [7, 11) is 0. The lowest BCUT2D eigenvalue weighted by Gasteiger charge is -2.20. The summed E-state index contributed by atoms with van der Waals surface area (Å²) in [6.45, 7) is -0.258. The summed E-state index contributed by atoms with van der Waals surface area (Å²) in [4.78, 5) is 24.2. The van der Waals surface area contributed by atoms with E-state index in [1.54, 1.807) is 0 Å². The molecule has 1 atom stereocenters. The molecule has 0 bridgehead atoms. The Morgan fingerprint density at radius 3 is 2.15 bits per heavy atom. The fourth-order valence-electron chi connectivity index (χ4n) is 3.14. The summed E-state index contributed by atoms with van der Waals surface area (Å²) in [6, 6.07) is 19.2. The summed E-state index contributed by atoms with van der Waals surface area (Å²) < 4.78 is 5.15. The third-order valence-corrected chi connectivity index (χ3v) is 4.48. The van der Waals surface area contributed by atoms with Gasteiger partial charge >= 0.3 is 5.97 Å². The van der Waals surface area contributed by atoms with Gasteiger partial charge in [-0.25, -0.2) is 0 Å². The summed E-state index contributed by atoms with van der Waals surface area (Å²) in [5.74, 6) is -0.391. The predicted molar refractivity (Wildman–Crippen MR) is 100 cm³/mol. The largest absolute Gasteiger partial charge is 0.456 e. The molecule has 26 heavy (non-hydrogen) atoms. The standard InChI is InChI=1S/C22H23NO3/c24-20(16-26-21(25)15-17-9-7-8-10-17)23-22(18-11-3-1-4-12-18)19-13-5-2-6-14-19/h1-7,9,11-14,17,22H,8,10,15-16H2,(H,23,24)/t17-/m1/s1. The predicted octanol–water partition coefficient (Wildman–Crippen LogP) is 3.79. The maximum atomic E-state index is 12.3. The van der Waals surface area contributed by atoms with E-state index < -0.39 is 0 Å². The van der Waals surface area contributed by atoms with Crippen LogP contribution < -0.4 is 5.32 Å². The van der Waals surface area contributed by atoms with E-state index in [9.17, 15) is 9.59 Å². The first-order valence-corrected chi connectivity index (χ1v) is 8.94. The molecule has 0 heterocycles. The van der Waals surface area contributed by atoms with Crippen molar-refractivity contribution in [3.63, 3.8) is 0 Å². The van der Waals surface area contributed by atoms with Crippen LogP contribution in [0, 0.1) is 5.92 Å². The first kappa shape index (κ1) is 17.9. The molecule has 0 aliphatic heterocycles. The molecule has 0 unspecified atom stereocenters. The van der Waals surface area contributed by atoms with Crippen LogP contribution in [0.1, 0.15) is 36.4 Å². The van der Waals surface area contributed by atoms with Crippen LogP contribution in [-0.4, -0.2) is 18.5 Å². The monoisotopic (exact) mass is 349 g/mol. The summed E-state index contributed by atoms with van der Waals surface area (Å²) in [5, 5.41) is 2.97. The van der Waals surface area contributed by atoms with Gasteiger partial charge in [0.1, 0.15) is 0 Å². The summed E-state index contributed by atoms with van der Waals surface area (Å²) in [5.41, 5.74) is 1.96. The maximum Gasteiger partial charge on any atom is 0.306 e. The zero-order valence-electron chi connectivity index (χ0n) is 14.6. The lowest BCUT2D eigenvalue weighted by molar-refractivity contribution is -0.149. The number of benzene rings is 2. The van der Waals surface area contributed by atoms with Crippen molar-refractivity contribution in [2.24, 2.45) is 5.92 Å². The van der Waals surface area contributed by atoms with Crippen molar-refractivity contribution in [2.45, 2.75) is 25.3 Å². The molecule has 0 saturated carbocycles.